The van der Waals surface area contributed by atoms with Crippen LogP contribution >= 0.6 is 0 Å². The van der Waals surface area contributed by atoms with Crippen molar-refractivity contribution in [2.24, 2.45) is 0 Å². The van der Waals surface area contributed by atoms with Crippen molar-refractivity contribution < 1.29 is 26.7 Å². The first-order chi connectivity index (χ1) is 11.9. The van der Waals surface area contributed by atoms with Gasteiger partial charge in [0.05, 0.1) is 25.2 Å². The molecule has 2 aliphatic heterocycles. The molecule has 0 aromatic carbocycles. The minimum absolute atomic E-state index is 0.0387. The Bertz CT molecular complexity index is 831. The van der Waals surface area contributed by atoms with E-state index in [1.54, 1.807) is 20.8 Å². The molecule has 1 aromatic rings. The molecule has 3 heterocycles. The monoisotopic (exact) mass is 390 g/mol. The van der Waals surface area contributed by atoms with Gasteiger partial charge < -0.3 is 10.1 Å². The lowest BCUT2D eigenvalue weighted by molar-refractivity contribution is -0.0946. The molecule has 0 aliphatic carbocycles. The van der Waals surface area contributed by atoms with E-state index in [9.17, 15) is 22.0 Å². The van der Waals surface area contributed by atoms with Crippen LogP contribution < -0.4 is 14.4 Å². The number of nitrogens with one attached hydrogen (secondary N) is 1. The molecule has 1 N–H and O–H groups in total. The van der Waals surface area contributed by atoms with Gasteiger partial charge in [-0.05, 0) is 26.8 Å². The van der Waals surface area contributed by atoms with Gasteiger partial charge in [-0.25, -0.2) is 18.1 Å². The number of hydrogen-bond donors (Lipinski definition) is 1. The lowest BCUT2D eigenvalue weighted by Gasteiger charge is -2.41. The summed E-state index contributed by atoms with van der Waals surface area (Å²) in [6.07, 6.45) is 1.29. The number of pyridine rings is 1. The van der Waals surface area contributed by atoms with Gasteiger partial charge in [0.15, 0.2) is 0 Å². The molecule has 11 heteroatoms. The first-order valence-corrected chi connectivity index (χ1v) is 9.40. The predicted molar refractivity (Wildman–Crippen MR) is 89.7 cm³/mol. The summed E-state index contributed by atoms with van der Waals surface area (Å²) in [7, 11) is -4.15. The molecule has 26 heavy (non-hydrogen) atoms. The fourth-order valence-electron chi connectivity index (χ4n) is 2.62. The zero-order valence-corrected chi connectivity index (χ0v) is 15.4. The molecule has 0 spiro atoms. The molecule has 1 amide bonds. The maximum atomic E-state index is 13.1. The standard InChI is InChI=1S/C15H20F2N4O4S/c1-14(2,3)19-12(22)10-6-11-13(18-7-10)25-5-4-21(11)26(23,24)20-8-15(16,17)9-20/h6-7H,4-5,8-9H2,1-3H3,(H,19,22). The number of carbonyl (C=O) groups is 1. The molecule has 0 unspecified atom stereocenters. The number of ether oxygens (including phenoxy) is 1. The topological polar surface area (TPSA) is 91.8 Å². The van der Waals surface area contributed by atoms with Crippen LogP contribution in [0, 0.1) is 0 Å². The molecule has 8 nitrogen and oxygen atoms in total. The summed E-state index contributed by atoms with van der Waals surface area (Å²) in [6, 6.07) is 1.35. The maximum absolute atomic E-state index is 13.1. The SMILES string of the molecule is CC(C)(C)NC(=O)c1cnc2c(c1)N(S(=O)(=O)N1CC(F)(F)C1)CCO2. The summed E-state index contributed by atoms with van der Waals surface area (Å²) < 4.78 is 58.5. The summed E-state index contributed by atoms with van der Waals surface area (Å²) in [4.78, 5) is 16.3. The van der Waals surface area contributed by atoms with Gasteiger partial charge in [-0.1, -0.05) is 0 Å². The van der Waals surface area contributed by atoms with Gasteiger partial charge in [0.1, 0.15) is 12.3 Å². The molecule has 0 bridgehead atoms. The van der Waals surface area contributed by atoms with E-state index in [0.29, 0.717) is 4.31 Å². The number of hydrogen-bond acceptors (Lipinski definition) is 5. The third kappa shape index (κ3) is 3.58. The van der Waals surface area contributed by atoms with Crippen molar-refractivity contribution in [3.05, 3.63) is 17.8 Å². The molecular formula is C15H20F2N4O4S. The van der Waals surface area contributed by atoms with E-state index in [4.69, 9.17) is 4.74 Å². The summed E-state index contributed by atoms with van der Waals surface area (Å²) in [5.41, 5.74) is -0.273. The van der Waals surface area contributed by atoms with Crippen LogP contribution in [0.3, 0.4) is 0 Å². The first kappa shape index (κ1) is 18.8. The van der Waals surface area contributed by atoms with E-state index < -0.39 is 40.7 Å². The lowest BCUT2D eigenvalue weighted by Crippen LogP contribution is -2.62. The van der Waals surface area contributed by atoms with E-state index in [1.807, 2.05) is 0 Å². The fourth-order valence-corrected chi connectivity index (χ4v) is 4.29. The van der Waals surface area contributed by atoms with Crippen molar-refractivity contribution in [2.75, 3.05) is 30.5 Å². The highest BCUT2D eigenvalue weighted by molar-refractivity contribution is 7.90. The van der Waals surface area contributed by atoms with E-state index in [0.717, 1.165) is 4.31 Å². The van der Waals surface area contributed by atoms with Crippen LogP contribution in [0.4, 0.5) is 14.5 Å². The molecule has 1 saturated heterocycles. The van der Waals surface area contributed by atoms with Crippen LogP contribution in [-0.2, 0) is 10.2 Å². The van der Waals surface area contributed by atoms with Gasteiger partial charge in [0.2, 0.25) is 5.88 Å². The average molecular weight is 390 g/mol. The first-order valence-electron chi connectivity index (χ1n) is 8.00. The van der Waals surface area contributed by atoms with E-state index in [2.05, 4.69) is 10.3 Å². The Balaban J connectivity index is 1.91. The Labute approximate surface area is 150 Å². The largest absolute Gasteiger partial charge is 0.474 e. The van der Waals surface area contributed by atoms with Crippen LogP contribution in [0.2, 0.25) is 0 Å². The van der Waals surface area contributed by atoms with Gasteiger partial charge in [-0.2, -0.15) is 12.7 Å². The van der Waals surface area contributed by atoms with Crippen molar-refractivity contribution in [1.29, 1.82) is 0 Å². The molecule has 1 aromatic heterocycles. The molecule has 0 saturated carbocycles. The molecule has 0 radical (unpaired) electrons. The average Bonchev–Trinajstić information content (AvgIpc) is 2.49. The van der Waals surface area contributed by atoms with Crippen molar-refractivity contribution in [3.8, 4) is 5.88 Å². The third-order valence-corrected chi connectivity index (χ3v) is 5.65. The lowest BCUT2D eigenvalue weighted by atomic mass is 10.1. The molecule has 1 fully saturated rings. The highest BCUT2D eigenvalue weighted by Crippen LogP contribution is 2.37. The second-order valence-electron chi connectivity index (χ2n) is 7.30. The Morgan fingerprint density at radius 2 is 2.00 bits per heavy atom. The van der Waals surface area contributed by atoms with Gasteiger partial charge >= 0.3 is 10.2 Å². The summed E-state index contributed by atoms with van der Waals surface area (Å²) in [6.45, 7) is 3.68. The third-order valence-electron chi connectivity index (χ3n) is 3.80. The summed E-state index contributed by atoms with van der Waals surface area (Å²) in [5, 5.41) is 2.75. The second-order valence-corrected chi connectivity index (χ2v) is 9.16. The predicted octanol–water partition coefficient (Wildman–Crippen LogP) is 1.00. The number of halogens is 2. The molecule has 144 valence electrons. The van der Waals surface area contributed by atoms with Gasteiger partial charge in [-0.15, -0.1) is 0 Å². The number of anilines is 1. The zero-order valence-electron chi connectivity index (χ0n) is 14.6. The van der Waals surface area contributed by atoms with Crippen LogP contribution in [0.5, 0.6) is 5.88 Å². The minimum Gasteiger partial charge on any atom is -0.474 e. The zero-order chi connectivity index (χ0) is 19.3. The number of rotatable bonds is 3. The normalized spacial score (nSPS) is 20.0. The van der Waals surface area contributed by atoms with Gasteiger partial charge in [0, 0.05) is 11.7 Å². The molecular weight excluding hydrogens is 370 g/mol. The van der Waals surface area contributed by atoms with Gasteiger partial charge in [-0.3, -0.25) is 4.79 Å². The maximum Gasteiger partial charge on any atom is 0.304 e. The van der Waals surface area contributed by atoms with Crippen LogP contribution in [0.1, 0.15) is 31.1 Å². The highest BCUT2D eigenvalue weighted by Gasteiger charge is 2.52. The van der Waals surface area contributed by atoms with Gasteiger partial charge in [0.25, 0.3) is 11.8 Å². The number of alkyl halides is 2. The minimum atomic E-state index is -4.15. The number of amides is 1. The highest BCUT2D eigenvalue weighted by atomic mass is 32.2. The number of nitrogens with zero attached hydrogens (tertiary/aromatic N) is 3. The van der Waals surface area contributed by atoms with Crippen LogP contribution in [0.25, 0.3) is 0 Å². The Morgan fingerprint density at radius 3 is 2.58 bits per heavy atom. The van der Waals surface area contributed by atoms with Crippen LogP contribution in [0.15, 0.2) is 12.3 Å². The number of aromatic nitrogens is 1. The van der Waals surface area contributed by atoms with Crippen molar-refractivity contribution in [2.45, 2.75) is 32.2 Å². The molecule has 2 aliphatic rings. The van der Waals surface area contributed by atoms with Crippen LogP contribution in [-0.4, -0.2) is 61.3 Å². The van der Waals surface area contributed by atoms with Crippen molar-refractivity contribution in [1.82, 2.24) is 14.6 Å². The molecule has 3 rings (SSSR count). The van der Waals surface area contributed by atoms with E-state index in [-0.39, 0.29) is 30.3 Å². The summed E-state index contributed by atoms with van der Waals surface area (Å²) >= 11 is 0. The second kappa shape index (κ2) is 6.02. The fraction of sp³-hybridized carbons (Fsp3) is 0.600. The number of carbonyl (C=O) groups excluding carboxylic acids is 1. The van der Waals surface area contributed by atoms with E-state index >= 15 is 0 Å². The Morgan fingerprint density at radius 1 is 1.35 bits per heavy atom. The summed E-state index contributed by atoms with van der Waals surface area (Å²) in [5.74, 6) is -3.40. The van der Waals surface area contributed by atoms with Crippen molar-refractivity contribution >= 4 is 21.8 Å². The smallest absolute Gasteiger partial charge is 0.304 e. The van der Waals surface area contributed by atoms with E-state index in [1.165, 1.54) is 12.3 Å². The quantitative estimate of drug-likeness (QED) is 0.832. The molecule has 0 atom stereocenters. The number of fused-ring (bicyclic) bond motifs is 1. The van der Waals surface area contributed by atoms with Crippen molar-refractivity contribution in [3.63, 3.8) is 0 Å². The Hall–Kier alpha value is -2.01. The Kier molecular flexibility index (Phi) is 4.34.